The third-order valence-electron chi connectivity index (χ3n) is 22.6. The Bertz CT molecular complexity index is 5530. The van der Waals surface area contributed by atoms with Crippen molar-refractivity contribution in [2.45, 2.75) is 154 Å². The van der Waals surface area contributed by atoms with Gasteiger partial charge in [0.25, 0.3) is 11.4 Å². The van der Waals surface area contributed by atoms with E-state index in [1.165, 1.54) is 23.2 Å². The zero-order valence-electron chi connectivity index (χ0n) is 73.3. The highest BCUT2D eigenvalue weighted by atomic mass is 79.9. The molecular weight excluding hydrogens is 2020 g/mol. The average molecular weight is 2120 g/mol. The maximum atomic E-state index is 16.2. The molecule has 0 radical (unpaired) electrons. The van der Waals surface area contributed by atoms with E-state index < -0.39 is 85.3 Å². The third kappa shape index (κ3) is 23.6. The molecule has 11 unspecified atom stereocenters. The Morgan fingerprint density at radius 1 is 0.561 bits per heavy atom. The van der Waals surface area contributed by atoms with E-state index in [1.54, 1.807) is 111 Å². The number of guanidine groups is 2. The minimum absolute atomic E-state index is 0. The predicted octanol–water partition coefficient (Wildman–Crippen LogP) is 15.7. The summed E-state index contributed by atoms with van der Waals surface area (Å²) in [5.74, 6) is 5.12. The van der Waals surface area contributed by atoms with Gasteiger partial charge in [-0.25, -0.2) is 62.5 Å². The maximum absolute atomic E-state index is 16.2. The molecule has 12 aliphatic heterocycles. The van der Waals surface area contributed by atoms with Gasteiger partial charge in [0, 0.05) is 84.7 Å². The van der Waals surface area contributed by atoms with Crippen molar-refractivity contribution in [1.29, 1.82) is 5.26 Å². The first-order valence-electron chi connectivity index (χ1n) is 41.8. The van der Waals surface area contributed by atoms with Crippen LogP contribution in [0.3, 0.4) is 0 Å². The van der Waals surface area contributed by atoms with E-state index in [1.807, 2.05) is 48.5 Å². The summed E-state index contributed by atoms with van der Waals surface area (Å²) in [6.07, 6.45) is 2.61. The summed E-state index contributed by atoms with van der Waals surface area (Å²) in [5.41, 5.74) is 11.0. The second kappa shape index (κ2) is 45.9. The van der Waals surface area contributed by atoms with E-state index in [-0.39, 0.29) is 62.2 Å². The number of nitrogens with one attached hydrogen (secondary N) is 1. The van der Waals surface area contributed by atoms with Crippen molar-refractivity contribution in [3.63, 3.8) is 0 Å². The number of nitrogens with zero attached hydrogens (tertiary/aromatic N) is 9. The monoisotopic (exact) mass is 2120 g/mol. The van der Waals surface area contributed by atoms with E-state index in [0.29, 0.717) is 151 Å². The Labute approximate surface area is 803 Å². The van der Waals surface area contributed by atoms with Crippen molar-refractivity contribution in [3.05, 3.63) is 215 Å². The summed E-state index contributed by atoms with van der Waals surface area (Å²) in [6, 6.07) is 40.3. The van der Waals surface area contributed by atoms with Crippen LogP contribution < -0.4 is 46.1 Å². The molecule has 0 saturated carbocycles. The fraction of sp³-hybridized carbons (Fsp3) is 0.429. The number of halogens is 9. The number of benzene rings is 7. The number of aliphatic hydroxyl groups is 1. The highest BCUT2D eigenvalue weighted by Crippen LogP contribution is 2.56. The van der Waals surface area contributed by atoms with Crippen LogP contribution in [0.4, 0.5) is 28.9 Å². The smallest absolute Gasteiger partial charge is 0.484 e. The van der Waals surface area contributed by atoms with Crippen molar-refractivity contribution < 1.29 is 105 Å². The highest BCUT2D eigenvalue weighted by Gasteiger charge is 2.66. The van der Waals surface area contributed by atoms with Crippen molar-refractivity contribution in [3.8, 4) is 46.1 Å². The molecule has 12 aliphatic rings. The van der Waals surface area contributed by atoms with Gasteiger partial charge in [-0.05, 0) is 204 Å². The lowest BCUT2D eigenvalue weighted by atomic mass is 9.79. The second-order valence-electron chi connectivity index (χ2n) is 32.9. The van der Waals surface area contributed by atoms with Gasteiger partial charge in [-0.3, -0.25) is 14.2 Å². The molecule has 7 aromatic rings. The first-order chi connectivity index (χ1) is 62.6. The number of nitriles is 1. The zero-order valence-corrected chi connectivity index (χ0v) is 81.5. The summed E-state index contributed by atoms with van der Waals surface area (Å²) in [7, 11) is 2.94. The molecule has 0 bridgehead atoms. The molecule has 9 N–H and O–H groups in total. The van der Waals surface area contributed by atoms with Gasteiger partial charge in [0.1, 0.15) is 40.1 Å². The number of aliphatic imine (C=N–C) groups is 3. The molecule has 704 valence electrons. The van der Waals surface area contributed by atoms with Crippen molar-refractivity contribution in [2.75, 3.05) is 94.3 Å². The Kier molecular flexibility index (Phi) is 36.4. The van der Waals surface area contributed by atoms with Crippen LogP contribution >= 0.6 is 76.1 Å². The molecule has 5 fully saturated rings. The van der Waals surface area contributed by atoms with E-state index >= 15 is 8.78 Å². The fourth-order valence-corrected chi connectivity index (χ4v) is 18.4. The number of hydroxylamine groups is 5. The average Bonchev–Trinajstić information content (AvgIpc) is 1.31. The number of rotatable bonds is 3. The second-order valence-corrected chi connectivity index (χ2v) is 41.2. The van der Waals surface area contributed by atoms with Crippen LogP contribution in [0.5, 0.6) is 28.7 Å². The van der Waals surface area contributed by atoms with Gasteiger partial charge in [-0.1, -0.05) is 112 Å². The standard InChI is InChI=1S/C22H21FN4O3.C15H17BrFN3O3.C14H12BrFN2O2.C13H12BrFO3.C13H13BrO3.C7H6BNO2.C5H11NSi.CH5NO.CH4O.ClH/c1-25-16-6-3-5-14(11-16)15-7-8-18-17(12-15)22(26-20(24)27(2)30-22)19(23)21(29-18)9-4-10-28-13-21;1-20-13(18)19-15(23-20)10-7-9(16)3-4-11(10)22-14(12(15)17)5-2-6-21-8-14;15-9-2-3-11-10(6-9)12(18-8-17)13(16)14(20-11)4-1-5-19-7-14;14-8-2-3-10-9(6-8)11(16)12(15)13(18-10)4-1-5-17-7-13;14-9-2-3-12-10(6-9)11(15)7-13(17-12)4-1-5-16-8-13;1-9-7-4-2-3-6(5-7)8(10)11;1-5-6-7(2,3)4;1-2-3;1-2;/h3,5-8,11-12,19H,4,9-10,13H2,2H3,(H2,24,26);3-4,7,12H,2,5-6,8H2,1H3,(H2,18,19);2-3,6,13H,1,4-5,7H2;2-3,6,12H,1,4-5,7H2;2-3,6H,1,4-5,7-8H2;2-5,10-11H;1H2,2-4H3;2-3H,1H3;2H,1H3;1H. The molecule has 0 amide bonds. The topological polar surface area (TPSA) is 378 Å². The Morgan fingerprint density at radius 3 is 1.39 bits per heavy atom. The minimum atomic E-state index is -1.65. The van der Waals surface area contributed by atoms with Gasteiger partial charge in [-0.2, -0.15) is 10.3 Å². The van der Waals surface area contributed by atoms with Crippen molar-refractivity contribution in [2.24, 2.45) is 31.1 Å². The van der Waals surface area contributed by atoms with Gasteiger partial charge in [-0.15, -0.1) is 12.4 Å². The number of ketones is 2. The van der Waals surface area contributed by atoms with E-state index in [4.69, 9.17) is 107 Å². The molecule has 132 heavy (non-hydrogen) atoms. The molecule has 41 heteroatoms. The number of aliphatic hydroxyl groups excluding tert-OH is 1. The third-order valence-corrected chi connectivity index (χ3v) is 25.4. The number of alkyl halides is 4. The van der Waals surface area contributed by atoms with Crippen LogP contribution in [0.1, 0.15) is 108 Å². The first-order valence-corrected chi connectivity index (χ1v) is 48.4. The van der Waals surface area contributed by atoms with Crippen LogP contribution in [0, 0.1) is 24.6 Å². The molecule has 19 rings (SSSR count). The van der Waals surface area contributed by atoms with Crippen LogP contribution in [0.25, 0.3) is 20.8 Å². The number of hydrogen-bond acceptors (Lipinski definition) is 28. The Morgan fingerprint density at radius 2 is 0.962 bits per heavy atom. The molecule has 11 atom stereocenters. The summed E-state index contributed by atoms with van der Waals surface area (Å²) >= 11 is 13.4. The molecule has 7 spiro atoms. The van der Waals surface area contributed by atoms with Gasteiger partial charge >= 0.3 is 7.12 Å². The lowest BCUT2D eigenvalue weighted by molar-refractivity contribution is -0.254. The fourth-order valence-electron chi connectivity index (χ4n) is 16.5. The van der Waals surface area contributed by atoms with Gasteiger partial charge in [0.05, 0.1) is 74.9 Å². The molecule has 0 aromatic heterocycles. The normalized spacial score (nSPS) is 27.0. The molecule has 12 heterocycles. The van der Waals surface area contributed by atoms with E-state index in [2.05, 4.69) is 125 Å². The molecule has 7 aromatic carbocycles. The number of nitrogens with two attached hydrogens (primary N) is 2. The van der Waals surface area contributed by atoms with Crippen LogP contribution in [0.15, 0.2) is 184 Å². The Balaban J connectivity index is 0.000000163. The van der Waals surface area contributed by atoms with Crippen molar-refractivity contribution >= 4 is 143 Å². The number of ether oxygens (including phenoxy) is 10. The Hall–Kier alpha value is -9.26. The summed E-state index contributed by atoms with van der Waals surface area (Å²) in [5, 5.41) is 43.1. The number of carbonyl (C=O) groups excluding carboxylic acids is 2. The zero-order chi connectivity index (χ0) is 94.9. The summed E-state index contributed by atoms with van der Waals surface area (Å²) in [6.45, 7) is 28.0. The van der Waals surface area contributed by atoms with Gasteiger partial charge in [0.15, 0.2) is 66.3 Å². The van der Waals surface area contributed by atoms with E-state index in [9.17, 15) is 18.4 Å². The molecular formula is C91H102BBr4ClF4N12O18Si. The van der Waals surface area contributed by atoms with E-state index in [0.717, 1.165) is 68.4 Å². The highest BCUT2D eigenvalue weighted by molar-refractivity contribution is 9.11. The molecule has 0 aliphatic carbocycles. The SMILES string of the molecule is C=C=N[Si](C)(C)C.CN1OC2(N=C1N)c1cc(Br)ccc1OC1(CCCOC1)C2F.CNO.CO.Cl.N#CN=C1c2cc(Br)ccc2OC2(CCCOC2)C1F.O=C1CC2(CCCOC2)Oc2ccc(Br)cc21.O=C1c2cc(Br)ccc2OC2(CCCOC2)C1F.[C-]#[N+]c1cccc(-c2ccc3c(c2)C2(N=C(N)N(C)O2)C(F)C2(CCCOC2)O3)c1.[C-]#[N+]c1cccc(B(O)O)c1. The molecule has 30 nitrogen and oxygen atoms in total. The maximum Gasteiger partial charge on any atom is 0.487 e. The minimum Gasteiger partial charge on any atom is -0.484 e. The number of Topliss-reactive ketones (excluding diaryl/α,β-unsaturated/α-hetero) is 2. The van der Waals surface area contributed by atoms with Gasteiger partial charge < -0.3 is 79.2 Å². The quantitative estimate of drug-likeness (QED) is 0.0216. The predicted molar refractivity (Wildman–Crippen MR) is 506 cm³/mol. The van der Waals surface area contributed by atoms with Gasteiger partial charge in [0.2, 0.25) is 30.1 Å². The lowest BCUT2D eigenvalue weighted by Gasteiger charge is -2.48. The van der Waals surface area contributed by atoms with Crippen LogP contribution in [-0.4, -0.2) is 228 Å². The number of hydrogen-bond donors (Lipinski definition) is 7. The van der Waals surface area contributed by atoms with Crippen LogP contribution in [-0.2, 0) is 44.8 Å². The lowest BCUT2D eigenvalue weighted by Crippen LogP contribution is -2.62. The molecule has 5 saturated heterocycles. The number of fused-ring (bicyclic) bond motifs is 7. The summed E-state index contributed by atoms with van der Waals surface area (Å²) in [4.78, 5) is 55.1. The summed E-state index contributed by atoms with van der Waals surface area (Å²) < 4.78 is 126. The number of carbonyl (C=O) groups is 2. The first kappa shape index (κ1) is 105. The van der Waals surface area contributed by atoms with Crippen molar-refractivity contribution in [1.82, 2.24) is 15.6 Å². The largest absolute Gasteiger partial charge is 0.487 e. The van der Waals surface area contributed by atoms with Crippen LogP contribution in [0.2, 0.25) is 19.6 Å².